The molecule has 23 heavy (non-hydrogen) atoms. The minimum Gasteiger partial charge on any atom is -0.422 e. The van der Waals surface area contributed by atoms with Crippen LogP contribution in [0.1, 0.15) is 48.4 Å². The van der Waals surface area contributed by atoms with Gasteiger partial charge < -0.3 is 14.1 Å². The number of morpholine rings is 1. The van der Waals surface area contributed by atoms with Gasteiger partial charge in [0.25, 0.3) is 0 Å². The maximum Gasteiger partial charge on any atom is 0.247 e. The standard InChI is InChI=1S/C15H20N4O3S/c1-9(2)14-17-18-15(22-14)12-7-19(4-5-21-12)13(20)6-11-8-23-10(3)16-11/h8-9,12H,4-7H2,1-3H3/t12-/m0/s1. The number of thiazole rings is 1. The maximum atomic E-state index is 12.4. The average molecular weight is 336 g/mol. The number of carbonyl (C=O) groups excluding carboxylic acids is 1. The molecule has 0 radical (unpaired) electrons. The molecule has 2 aromatic rings. The Morgan fingerprint density at radius 3 is 2.96 bits per heavy atom. The van der Waals surface area contributed by atoms with Crippen molar-refractivity contribution < 1.29 is 13.9 Å². The van der Waals surface area contributed by atoms with Crippen molar-refractivity contribution >= 4 is 17.2 Å². The lowest BCUT2D eigenvalue weighted by Gasteiger charge is -2.31. The van der Waals surface area contributed by atoms with E-state index in [1.54, 1.807) is 16.2 Å². The Morgan fingerprint density at radius 2 is 2.30 bits per heavy atom. The largest absolute Gasteiger partial charge is 0.422 e. The second-order valence-electron chi connectivity index (χ2n) is 5.87. The maximum absolute atomic E-state index is 12.4. The summed E-state index contributed by atoms with van der Waals surface area (Å²) < 4.78 is 11.3. The molecular formula is C15H20N4O3S. The van der Waals surface area contributed by atoms with Crippen LogP contribution in [0.2, 0.25) is 0 Å². The van der Waals surface area contributed by atoms with Crippen molar-refractivity contribution in [1.82, 2.24) is 20.1 Å². The molecule has 0 aliphatic carbocycles. The highest BCUT2D eigenvalue weighted by molar-refractivity contribution is 7.09. The van der Waals surface area contributed by atoms with Crippen molar-refractivity contribution in [2.24, 2.45) is 0 Å². The van der Waals surface area contributed by atoms with E-state index in [4.69, 9.17) is 9.15 Å². The van der Waals surface area contributed by atoms with Gasteiger partial charge in [0.15, 0.2) is 6.10 Å². The minimum absolute atomic E-state index is 0.0483. The summed E-state index contributed by atoms with van der Waals surface area (Å²) >= 11 is 1.56. The van der Waals surface area contributed by atoms with Gasteiger partial charge in [-0.15, -0.1) is 21.5 Å². The fourth-order valence-electron chi connectivity index (χ4n) is 2.39. The minimum atomic E-state index is -0.357. The van der Waals surface area contributed by atoms with Crippen LogP contribution in [-0.4, -0.2) is 45.7 Å². The van der Waals surface area contributed by atoms with E-state index >= 15 is 0 Å². The van der Waals surface area contributed by atoms with E-state index in [9.17, 15) is 4.79 Å². The topological polar surface area (TPSA) is 81.4 Å². The van der Waals surface area contributed by atoms with Gasteiger partial charge in [-0.2, -0.15) is 0 Å². The molecule has 3 heterocycles. The third-order valence-electron chi connectivity index (χ3n) is 3.64. The average Bonchev–Trinajstić information content (AvgIpc) is 3.17. The molecule has 0 N–H and O–H groups in total. The van der Waals surface area contributed by atoms with E-state index in [-0.39, 0.29) is 17.9 Å². The molecule has 0 bridgehead atoms. The summed E-state index contributed by atoms with van der Waals surface area (Å²) in [6.07, 6.45) is -0.0390. The fourth-order valence-corrected chi connectivity index (χ4v) is 3.00. The summed E-state index contributed by atoms with van der Waals surface area (Å²) in [4.78, 5) is 18.6. The highest BCUT2D eigenvalue weighted by atomic mass is 32.1. The van der Waals surface area contributed by atoms with Crippen molar-refractivity contribution in [3.05, 3.63) is 27.9 Å². The Labute approximate surface area is 138 Å². The zero-order valence-electron chi connectivity index (χ0n) is 13.5. The number of ether oxygens (including phenoxy) is 1. The quantitative estimate of drug-likeness (QED) is 0.850. The number of rotatable bonds is 4. The van der Waals surface area contributed by atoms with E-state index in [0.29, 0.717) is 37.9 Å². The summed E-state index contributed by atoms with van der Waals surface area (Å²) in [5, 5.41) is 11.0. The van der Waals surface area contributed by atoms with Gasteiger partial charge in [-0.25, -0.2) is 4.98 Å². The van der Waals surface area contributed by atoms with Crippen molar-refractivity contribution in [2.45, 2.75) is 39.2 Å². The lowest BCUT2D eigenvalue weighted by atomic mass is 10.2. The number of amides is 1. The SMILES string of the molecule is Cc1nc(CC(=O)N2CCO[C@H](c3nnc(C(C)C)o3)C2)cs1. The molecule has 2 aromatic heterocycles. The van der Waals surface area contributed by atoms with Crippen LogP contribution in [0, 0.1) is 6.92 Å². The van der Waals surface area contributed by atoms with Gasteiger partial charge >= 0.3 is 0 Å². The molecule has 1 fully saturated rings. The van der Waals surface area contributed by atoms with E-state index in [1.165, 1.54) is 0 Å². The molecule has 0 spiro atoms. The van der Waals surface area contributed by atoms with E-state index in [1.807, 2.05) is 26.2 Å². The Morgan fingerprint density at radius 1 is 1.48 bits per heavy atom. The Bertz CT molecular complexity index is 682. The molecule has 1 aliphatic rings. The summed E-state index contributed by atoms with van der Waals surface area (Å²) in [6.45, 7) is 7.39. The van der Waals surface area contributed by atoms with Crippen LogP contribution in [0.15, 0.2) is 9.80 Å². The van der Waals surface area contributed by atoms with Crippen molar-refractivity contribution in [3.8, 4) is 0 Å². The number of aryl methyl sites for hydroxylation is 1. The molecule has 7 nitrogen and oxygen atoms in total. The van der Waals surface area contributed by atoms with Crippen molar-refractivity contribution in [1.29, 1.82) is 0 Å². The predicted octanol–water partition coefficient (Wildman–Crippen LogP) is 2.10. The first-order chi connectivity index (χ1) is 11.0. The van der Waals surface area contributed by atoms with Crippen LogP contribution >= 0.6 is 11.3 Å². The van der Waals surface area contributed by atoms with Crippen molar-refractivity contribution in [2.75, 3.05) is 19.7 Å². The molecule has 0 aromatic carbocycles. The molecule has 0 unspecified atom stereocenters. The molecule has 1 atom stereocenters. The monoisotopic (exact) mass is 336 g/mol. The lowest BCUT2D eigenvalue weighted by molar-refractivity contribution is -0.139. The molecule has 0 saturated carbocycles. The Balaban J connectivity index is 1.64. The molecule has 124 valence electrons. The Hall–Kier alpha value is -1.80. The number of hydrogen-bond donors (Lipinski definition) is 0. The zero-order valence-corrected chi connectivity index (χ0v) is 14.3. The van der Waals surface area contributed by atoms with Crippen LogP contribution in [0.25, 0.3) is 0 Å². The van der Waals surface area contributed by atoms with Crippen LogP contribution in [-0.2, 0) is 16.0 Å². The molecule has 1 aliphatic heterocycles. The number of carbonyl (C=O) groups is 1. The first kappa shape index (κ1) is 16.1. The fraction of sp³-hybridized carbons (Fsp3) is 0.600. The summed E-state index contributed by atoms with van der Waals surface area (Å²) in [6, 6.07) is 0. The molecule has 8 heteroatoms. The smallest absolute Gasteiger partial charge is 0.247 e. The highest BCUT2D eigenvalue weighted by Crippen LogP contribution is 2.24. The first-order valence-corrected chi connectivity index (χ1v) is 8.54. The second-order valence-corrected chi connectivity index (χ2v) is 6.93. The lowest BCUT2D eigenvalue weighted by Crippen LogP contribution is -2.43. The second kappa shape index (κ2) is 6.76. The number of hydrogen-bond acceptors (Lipinski definition) is 7. The summed E-state index contributed by atoms with van der Waals surface area (Å²) in [7, 11) is 0. The third-order valence-corrected chi connectivity index (χ3v) is 4.47. The number of nitrogens with zero attached hydrogens (tertiary/aromatic N) is 4. The van der Waals surface area contributed by atoms with Gasteiger partial charge in [0.2, 0.25) is 17.7 Å². The third kappa shape index (κ3) is 3.76. The zero-order chi connectivity index (χ0) is 16.4. The molecule has 3 rings (SSSR count). The van der Waals surface area contributed by atoms with Crippen molar-refractivity contribution in [3.63, 3.8) is 0 Å². The van der Waals surface area contributed by atoms with Crippen LogP contribution < -0.4 is 0 Å². The van der Waals surface area contributed by atoms with Gasteiger partial charge in [0.05, 0.1) is 30.3 Å². The van der Waals surface area contributed by atoms with Gasteiger partial charge in [0.1, 0.15) is 0 Å². The highest BCUT2D eigenvalue weighted by Gasteiger charge is 2.29. The Kier molecular flexibility index (Phi) is 4.72. The molecule has 1 amide bonds. The van der Waals surface area contributed by atoms with Crippen LogP contribution in [0.3, 0.4) is 0 Å². The molecule has 1 saturated heterocycles. The van der Waals surface area contributed by atoms with Gasteiger partial charge in [0, 0.05) is 17.8 Å². The van der Waals surface area contributed by atoms with Gasteiger partial charge in [-0.05, 0) is 6.92 Å². The van der Waals surface area contributed by atoms with E-state index in [0.717, 1.165) is 10.7 Å². The van der Waals surface area contributed by atoms with E-state index < -0.39 is 0 Å². The van der Waals surface area contributed by atoms with Gasteiger partial charge in [-0.3, -0.25) is 4.79 Å². The van der Waals surface area contributed by atoms with Gasteiger partial charge in [-0.1, -0.05) is 13.8 Å². The first-order valence-electron chi connectivity index (χ1n) is 7.66. The summed E-state index contributed by atoms with van der Waals surface area (Å²) in [5.74, 6) is 1.25. The van der Waals surface area contributed by atoms with E-state index in [2.05, 4.69) is 15.2 Å². The summed E-state index contributed by atoms with van der Waals surface area (Å²) in [5.41, 5.74) is 0.820. The van der Waals surface area contributed by atoms with Crippen LogP contribution in [0.4, 0.5) is 0 Å². The number of aromatic nitrogens is 3. The van der Waals surface area contributed by atoms with Crippen LogP contribution in [0.5, 0.6) is 0 Å². The predicted molar refractivity (Wildman–Crippen MR) is 84.2 cm³/mol. The molecular weight excluding hydrogens is 316 g/mol. The normalized spacial score (nSPS) is 18.6.